The van der Waals surface area contributed by atoms with Gasteiger partial charge >= 0.3 is 5.97 Å². The zero-order chi connectivity index (χ0) is 14.5. The maximum absolute atomic E-state index is 11.6. The molecule has 1 aromatic carbocycles. The summed E-state index contributed by atoms with van der Waals surface area (Å²) in [4.78, 5) is 11.6. The fraction of sp³-hybridized carbons (Fsp3) is 0.562. The van der Waals surface area contributed by atoms with Crippen molar-refractivity contribution in [3.8, 4) is 11.5 Å². The topological polar surface area (TPSA) is 44.8 Å². The summed E-state index contributed by atoms with van der Waals surface area (Å²) < 4.78 is 16.1. The molecule has 2 rings (SSSR count). The molecule has 0 unspecified atom stereocenters. The molecule has 0 aliphatic heterocycles. The van der Waals surface area contributed by atoms with Gasteiger partial charge in [-0.1, -0.05) is 6.92 Å². The molecule has 0 N–H and O–H groups in total. The zero-order valence-corrected chi connectivity index (χ0v) is 12.3. The Labute approximate surface area is 120 Å². The van der Waals surface area contributed by atoms with Crippen LogP contribution in [0.4, 0.5) is 0 Å². The summed E-state index contributed by atoms with van der Waals surface area (Å²) in [7, 11) is 2.97. The monoisotopic (exact) mass is 278 g/mol. The minimum atomic E-state index is -0.366. The first kappa shape index (κ1) is 14.7. The largest absolute Gasteiger partial charge is 0.493 e. The standard InChI is InChI=1S/C16H22O4/c1-11-4-7-13(8-5-11)20-15-10-12(16(17)19-3)6-9-14(15)18-2/h6,9-11,13H,4-5,7-8H2,1-3H3. The van der Waals surface area contributed by atoms with E-state index >= 15 is 0 Å². The van der Waals surface area contributed by atoms with Crippen molar-refractivity contribution in [1.29, 1.82) is 0 Å². The van der Waals surface area contributed by atoms with Crippen molar-refractivity contribution in [2.45, 2.75) is 38.7 Å². The molecule has 0 aromatic heterocycles. The number of ether oxygens (including phenoxy) is 3. The third-order valence-corrected chi connectivity index (χ3v) is 3.84. The molecule has 4 heteroatoms. The number of hydrogen-bond acceptors (Lipinski definition) is 4. The van der Waals surface area contributed by atoms with Gasteiger partial charge in [-0.15, -0.1) is 0 Å². The van der Waals surface area contributed by atoms with Gasteiger partial charge in [0.05, 0.1) is 25.9 Å². The first-order valence-electron chi connectivity index (χ1n) is 7.07. The Morgan fingerprint density at radius 3 is 2.40 bits per heavy atom. The summed E-state index contributed by atoms with van der Waals surface area (Å²) >= 11 is 0. The molecular formula is C16H22O4. The molecule has 0 heterocycles. The van der Waals surface area contributed by atoms with Crippen LogP contribution in [-0.4, -0.2) is 26.3 Å². The van der Waals surface area contributed by atoms with Crippen LogP contribution in [0, 0.1) is 5.92 Å². The number of hydrogen-bond donors (Lipinski definition) is 0. The Hall–Kier alpha value is -1.71. The second kappa shape index (κ2) is 6.64. The van der Waals surface area contributed by atoms with Gasteiger partial charge in [-0.05, 0) is 49.8 Å². The molecule has 1 aromatic rings. The van der Waals surface area contributed by atoms with E-state index in [4.69, 9.17) is 14.2 Å². The van der Waals surface area contributed by atoms with Crippen molar-refractivity contribution < 1.29 is 19.0 Å². The van der Waals surface area contributed by atoms with Gasteiger partial charge in [0, 0.05) is 0 Å². The predicted molar refractivity (Wildman–Crippen MR) is 76.4 cm³/mol. The van der Waals surface area contributed by atoms with E-state index in [2.05, 4.69) is 6.92 Å². The molecule has 1 fully saturated rings. The quantitative estimate of drug-likeness (QED) is 0.791. The van der Waals surface area contributed by atoms with Crippen LogP contribution in [0.1, 0.15) is 43.0 Å². The molecule has 1 aliphatic carbocycles. The van der Waals surface area contributed by atoms with Crippen LogP contribution >= 0.6 is 0 Å². The second-order valence-electron chi connectivity index (χ2n) is 5.36. The van der Waals surface area contributed by atoms with Gasteiger partial charge in [-0.25, -0.2) is 4.79 Å². The number of carbonyl (C=O) groups is 1. The van der Waals surface area contributed by atoms with Crippen molar-refractivity contribution in [2.75, 3.05) is 14.2 Å². The smallest absolute Gasteiger partial charge is 0.337 e. The van der Waals surface area contributed by atoms with Gasteiger partial charge in [0.15, 0.2) is 11.5 Å². The molecule has 0 radical (unpaired) electrons. The van der Waals surface area contributed by atoms with E-state index in [1.165, 1.54) is 20.0 Å². The van der Waals surface area contributed by atoms with E-state index in [1.807, 2.05) is 0 Å². The van der Waals surface area contributed by atoms with Crippen LogP contribution in [0.15, 0.2) is 18.2 Å². The second-order valence-corrected chi connectivity index (χ2v) is 5.36. The van der Waals surface area contributed by atoms with E-state index in [0.717, 1.165) is 18.8 Å². The van der Waals surface area contributed by atoms with E-state index in [0.29, 0.717) is 17.1 Å². The maximum atomic E-state index is 11.6. The van der Waals surface area contributed by atoms with Crippen molar-refractivity contribution in [3.63, 3.8) is 0 Å². The van der Waals surface area contributed by atoms with Crippen LogP contribution in [0.2, 0.25) is 0 Å². The summed E-state index contributed by atoms with van der Waals surface area (Å²) in [6, 6.07) is 5.12. The van der Waals surface area contributed by atoms with Crippen LogP contribution in [0.25, 0.3) is 0 Å². The Kier molecular flexibility index (Phi) is 4.88. The molecule has 4 nitrogen and oxygen atoms in total. The lowest BCUT2D eigenvalue weighted by Crippen LogP contribution is -2.23. The normalized spacial score (nSPS) is 22.1. The van der Waals surface area contributed by atoms with E-state index in [9.17, 15) is 4.79 Å². The van der Waals surface area contributed by atoms with Gasteiger partial charge < -0.3 is 14.2 Å². The summed E-state index contributed by atoms with van der Waals surface area (Å²) in [5.74, 6) is 1.68. The number of rotatable bonds is 4. The van der Waals surface area contributed by atoms with E-state index < -0.39 is 0 Å². The first-order valence-corrected chi connectivity index (χ1v) is 7.07. The number of methoxy groups -OCH3 is 2. The summed E-state index contributed by atoms with van der Waals surface area (Å²) in [5.41, 5.74) is 0.479. The van der Waals surface area contributed by atoms with Crippen LogP contribution in [-0.2, 0) is 4.74 Å². The minimum absolute atomic E-state index is 0.202. The molecule has 110 valence electrons. The van der Waals surface area contributed by atoms with Gasteiger partial charge in [-0.3, -0.25) is 0 Å². The first-order chi connectivity index (χ1) is 9.63. The van der Waals surface area contributed by atoms with Crippen molar-refractivity contribution >= 4 is 5.97 Å². The van der Waals surface area contributed by atoms with Gasteiger partial charge in [0.2, 0.25) is 0 Å². The van der Waals surface area contributed by atoms with Crippen molar-refractivity contribution in [1.82, 2.24) is 0 Å². The Morgan fingerprint density at radius 1 is 1.10 bits per heavy atom. The average Bonchev–Trinajstić information content (AvgIpc) is 2.48. The lowest BCUT2D eigenvalue weighted by Gasteiger charge is -2.27. The highest BCUT2D eigenvalue weighted by molar-refractivity contribution is 5.90. The molecule has 0 bridgehead atoms. The van der Waals surface area contributed by atoms with Crippen LogP contribution < -0.4 is 9.47 Å². The highest BCUT2D eigenvalue weighted by Gasteiger charge is 2.21. The Bertz CT molecular complexity index is 462. The molecule has 1 saturated carbocycles. The van der Waals surface area contributed by atoms with Crippen molar-refractivity contribution in [3.05, 3.63) is 23.8 Å². The SMILES string of the molecule is COC(=O)c1ccc(OC)c(OC2CCC(C)CC2)c1. The number of esters is 1. The van der Waals surface area contributed by atoms with Crippen molar-refractivity contribution in [2.24, 2.45) is 5.92 Å². The molecule has 0 amide bonds. The lowest BCUT2D eigenvalue weighted by atomic mass is 9.89. The van der Waals surface area contributed by atoms with Gasteiger partial charge in [-0.2, -0.15) is 0 Å². The Balaban J connectivity index is 2.14. The maximum Gasteiger partial charge on any atom is 0.337 e. The third-order valence-electron chi connectivity index (χ3n) is 3.84. The highest BCUT2D eigenvalue weighted by atomic mass is 16.5. The zero-order valence-electron chi connectivity index (χ0n) is 12.3. The molecule has 0 spiro atoms. The summed E-state index contributed by atoms with van der Waals surface area (Å²) in [6.45, 7) is 2.27. The molecule has 1 aliphatic rings. The summed E-state index contributed by atoms with van der Waals surface area (Å²) in [6.07, 6.45) is 4.67. The minimum Gasteiger partial charge on any atom is -0.493 e. The van der Waals surface area contributed by atoms with E-state index in [-0.39, 0.29) is 12.1 Å². The average molecular weight is 278 g/mol. The lowest BCUT2D eigenvalue weighted by molar-refractivity contribution is 0.0599. The van der Waals surface area contributed by atoms with E-state index in [1.54, 1.807) is 25.3 Å². The fourth-order valence-electron chi connectivity index (χ4n) is 2.54. The molecular weight excluding hydrogens is 256 g/mol. The fourth-order valence-corrected chi connectivity index (χ4v) is 2.54. The summed E-state index contributed by atoms with van der Waals surface area (Å²) in [5, 5.41) is 0. The van der Waals surface area contributed by atoms with Crippen LogP contribution in [0.3, 0.4) is 0 Å². The molecule has 20 heavy (non-hydrogen) atoms. The van der Waals surface area contributed by atoms with Gasteiger partial charge in [0.25, 0.3) is 0 Å². The number of benzene rings is 1. The predicted octanol–water partition coefficient (Wildman–Crippen LogP) is 3.44. The van der Waals surface area contributed by atoms with Crippen LogP contribution in [0.5, 0.6) is 11.5 Å². The third kappa shape index (κ3) is 3.44. The molecule has 0 atom stereocenters. The highest BCUT2D eigenvalue weighted by Crippen LogP contribution is 2.33. The Morgan fingerprint density at radius 2 is 1.80 bits per heavy atom. The van der Waals surface area contributed by atoms with Gasteiger partial charge in [0.1, 0.15) is 0 Å². The molecule has 0 saturated heterocycles. The number of carbonyl (C=O) groups excluding carboxylic acids is 1.